The van der Waals surface area contributed by atoms with Crippen molar-refractivity contribution in [3.63, 3.8) is 0 Å². The van der Waals surface area contributed by atoms with Crippen LogP contribution < -0.4 is 5.32 Å². The number of amides is 2. The van der Waals surface area contributed by atoms with Crippen LogP contribution in [-0.2, 0) is 9.59 Å². The molecule has 1 rings (SSSR count). The lowest BCUT2D eigenvalue weighted by Crippen LogP contribution is -2.48. The van der Waals surface area contributed by atoms with Gasteiger partial charge in [0, 0.05) is 19.5 Å². The molecule has 1 aliphatic rings. The number of likely N-dealkylation sites (N-methyl/N-ethyl adjacent to an activating group) is 1. The molecule has 1 atom stereocenters. The van der Waals surface area contributed by atoms with Gasteiger partial charge in [0.15, 0.2) is 0 Å². The summed E-state index contributed by atoms with van der Waals surface area (Å²) in [7, 11) is 0. The van der Waals surface area contributed by atoms with Crippen LogP contribution in [0, 0.1) is 5.92 Å². The van der Waals surface area contributed by atoms with Crippen LogP contribution in [0.1, 0.15) is 40.0 Å². The number of nitrogens with one attached hydrogen (secondary N) is 1. The van der Waals surface area contributed by atoms with Gasteiger partial charge in [0.25, 0.3) is 0 Å². The predicted molar refractivity (Wildman–Crippen MR) is 62.9 cm³/mol. The minimum atomic E-state index is -0.269. The zero-order chi connectivity index (χ0) is 12.1. The molecule has 0 bridgehead atoms. The van der Waals surface area contributed by atoms with Crippen molar-refractivity contribution in [2.45, 2.75) is 46.1 Å². The van der Waals surface area contributed by atoms with Gasteiger partial charge >= 0.3 is 0 Å². The highest BCUT2D eigenvalue weighted by molar-refractivity contribution is 5.88. The quantitative estimate of drug-likeness (QED) is 0.764. The summed E-state index contributed by atoms with van der Waals surface area (Å²) in [5.41, 5.74) is 0. The van der Waals surface area contributed by atoms with Gasteiger partial charge in [0.2, 0.25) is 11.8 Å². The molecule has 1 saturated heterocycles. The Morgan fingerprint density at radius 2 is 2.19 bits per heavy atom. The van der Waals surface area contributed by atoms with Crippen molar-refractivity contribution in [3.05, 3.63) is 0 Å². The summed E-state index contributed by atoms with van der Waals surface area (Å²) in [6.07, 6.45) is 2.22. The minimum absolute atomic E-state index is 0.00792. The Balaban J connectivity index is 2.69. The second-order valence-electron chi connectivity index (χ2n) is 4.73. The van der Waals surface area contributed by atoms with E-state index in [-0.39, 0.29) is 17.9 Å². The monoisotopic (exact) mass is 226 g/mol. The molecular weight excluding hydrogens is 204 g/mol. The van der Waals surface area contributed by atoms with E-state index in [0.717, 1.165) is 19.4 Å². The van der Waals surface area contributed by atoms with E-state index in [1.165, 1.54) is 0 Å². The van der Waals surface area contributed by atoms with E-state index < -0.39 is 0 Å². The van der Waals surface area contributed by atoms with Gasteiger partial charge in [-0.3, -0.25) is 9.59 Å². The molecule has 0 aromatic heterocycles. The first-order valence-electron chi connectivity index (χ1n) is 6.13. The summed E-state index contributed by atoms with van der Waals surface area (Å²) in [4.78, 5) is 25.3. The van der Waals surface area contributed by atoms with E-state index in [1.807, 2.05) is 6.92 Å². The molecule has 0 spiro atoms. The van der Waals surface area contributed by atoms with Gasteiger partial charge in [-0.2, -0.15) is 0 Å². The average Bonchev–Trinajstić information content (AvgIpc) is 2.61. The molecule has 1 fully saturated rings. The Hall–Kier alpha value is -1.06. The summed E-state index contributed by atoms with van der Waals surface area (Å²) < 4.78 is 0. The highest BCUT2D eigenvalue weighted by Gasteiger charge is 2.32. The van der Waals surface area contributed by atoms with Gasteiger partial charge < -0.3 is 10.2 Å². The molecule has 16 heavy (non-hydrogen) atoms. The van der Waals surface area contributed by atoms with E-state index in [9.17, 15) is 9.59 Å². The number of carbonyl (C=O) groups is 2. The smallest absolute Gasteiger partial charge is 0.242 e. The topological polar surface area (TPSA) is 49.4 Å². The number of likely N-dealkylation sites (tertiary alicyclic amines) is 1. The fraction of sp³-hybridized carbons (Fsp3) is 0.833. The molecular formula is C12H22N2O2. The highest BCUT2D eigenvalue weighted by atomic mass is 16.2. The third kappa shape index (κ3) is 3.22. The zero-order valence-corrected chi connectivity index (χ0v) is 10.5. The fourth-order valence-corrected chi connectivity index (χ4v) is 2.11. The maximum Gasteiger partial charge on any atom is 0.242 e. The minimum Gasteiger partial charge on any atom is -0.355 e. The van der Waals surface area contributed by atoms with Gasteiger partial charge in [0.1, 0.15) is 6.04 Å². The normalized spacial score (nSPS) is 18.0. The Labute approximate surface area is 97.4 Å². The lowest BCUT2D eigenvalue weighted by atomic mass is 10.0. The van der Waals surface area contributed by atoms with Gasteiger partial charge in [-0.05, 0) is 25.7 Å². The number of carbonyl (C=O) groups excluding carboxylic acids is 2. The van der Waals surface area contributed by atoms with E-state index in [1.54, 1.807) is 4.90 Å². The fourth-order valence-electron chi connectivity index (χ4n) is 2.11. The van der Waals surface area contributed by atoms with Crippen LogP contribution in [0.3, 0.4) is 0 Å². The number of hydrogen-bond donors (Lipinski definition) is 1. The Morgan fingerprint density at radius 3 is 2.62 bits per heavy atom. The molecule has 2 amide bonds. The van der Waals surface area contributed by atoms with E-state index in [0.29, 0.717) is 18.9 Å². The largest absolute Gasteiger partial charge is 0.355 e. The van der Waals surface area contributed by atoms with Crippen molar-refractivity contribution in [2.24, 2.45) is 5.92 Å². The summed E-state index contributed by atoms with van der Waals surface area (Å²) in [6.45, 7) is 7.40. The summed E-state index contributed by atoms with van der Waals surface area (Å²) in [5, 5.41) is 2.82. The first-order valence-corrected chi connectivity index (χ1v) is 6.13. The standard InChI is InChI=1S/C12H22N2O2/c1-4-13-12(16)10(8-9(2)3)14-7-5-6-11(14)15/h9-10H,4-8H2,1-3H3,(H,13,16). The Kier molecular flexibility index (Phi) is 4.77. The zero-order valence-electron chi connectivity index (χ0n) is 10.5. The summed E-state index contributed by atoms with van der Waals surface area (Å²) in [6, 6.07) is -0.269. The van der Waals surface area contributed by atoms with Crippen molar-refractivity contribution in [1.29, 1.82) is 0 Å². The lowest BCUT2D eigenvalue weighted by molar-refractivity contribution is -0.138. The van der Waals surface area contributed by atoms with Crippen molar-refractivity contribution in [2.75, 3.05) is 13.1 Å². The van der Waals surface area contributed by atoms with Gasteiger partial charge in [-0.15, -0.1) is 0 Å². The van der Waals surface area contributed by atoms with Crippen LogP contribution in [0.15, 0.2) is 0 Å². The molecule has 0 aromatic carbocycles. The molecule has 0 radical (unpaired) electrons. The third-order valence-electron chi connectivity index (χ3n) is 2.83. The van der Waals surface area contributed by atoms with Gasteiger partial charge in [-0.25, -0.2) is 0 Å². The molecule has 1 heterocycles. The lowest BCUT2D eigenvalue weighted by Gasteiger charge is -2.28. The van der Waals surface area contributed by atoms with Crippen molar-refractivity contribution >= 4 is 11.8 Å². The second-order valence-corrected chi connectivity index (χ2v) is 4.73. The molecule has 1 N–H and O–H groups in total. The predicted octanol–water partition coefficient (Wildman–Crippen LogP) is 1.16. The Bertz CT molecular complexity index is 264. The number of hydrogen-bond acceptors (Lipinski definition) is 2. The highest BCUT2D eigenvalue weighted by Crippen LogP contribution is 2.19. The first-order chi connectivity index (χ1) is 7.56. The van der Waals surface area contributed by atoms with Crippen LogP contribution in [0.4, 0.5) is 0 Å². The van der Waals surface area contributed by atoms with E-state index in [2.05, 4.69) is 19.2 Å². The van der Waals surface area contributed by atoms with Crippen molar-refractivity contribution in [1.82, 2.24) is 10.2 Å². The van der Waals surface area contributed by atoms with E-state index >= 15 is 0 Å². The van der Waals surface area contributed by atoms with Crippen LogP contribution in [-0.4, -0.2) is 35.8 Å². The van der Waals surface area contributed by atoms with E-state index in [4.69, 9.17) is 0 Å². The van der Waals surface area contributed by atoms with Crippen LogP contribution in [0.25, 0.3) is 0 Å². The molecule has 0 aromatic rings. The SMILES string of the molecule is CCNC(=O)C(CC(C)C)N1CCCC1=O. The summed E-state index contributed by atoms with van der Waals surface area (Å²) >= 11 is 0. The maximum atomic E-state index is 11.9. The molecule has 4 nitrogen and oxygen atoms in total. The average molecular weight is 226 g/mol. The van der Waals surface area contributed by atoms with Gasteiger partial charge in [-0.1, -0.05) is 13.8 Å². The second kappa shape index (κ2) is 5.87. The maximum absolute atomic E-state index is 11.9. The molecule has 1 unspecified atom stereocenters. The van der Waals surface area contributed by atoms with Crippen LogP contribution >= 0.6 is 0 Å². The van der Waals surface area contributed by atoms with Crippen LogP contribution in [0.5, 0.6) is 0 Å². The molecule has 1 aliphatic heterocycles. The Morgan fingerprint density at radius 1 is 1.50 bits per heavy atom. The van der Waals surface area contributed by atoms with Gasteiger partial charge in [0.05, 0.1) is 0 Å². The molecule has 0 aliphatic carbocycles. The molecule has 4 heteroatoms. The first kappa shape index (κ1) is 13.0. The van der Waals surface area contributed by atoms with Crippen LogP contribution in [0.2, 0.25) is 0 Å². The van der Waals surface area contributed by atoms with Crippen molar-refractivity contribution in [3.8, 4) is 0 Å². The third-order valence-corrected chi connectivity index (χ3v) is 2.83. The molecule has 92 valence electrons. The molecule has 0 saturated carbocycles. The number of nitrogens with zero attached hydrogens (tertiary/aromatic N) is 1. The number of rotatable bonds is 5. The van der Waals surface area contributed by atoms with Crippen molar-refractivity contribution < 1.29 is 9.59 Å². The summed E-state index contributed by atoms with van der Waals surface area (Å²) in [5.74, 6) is 0.532.